The molecule has 1 fully saturated rings. The number of amides is 1. The van der Waals surface area contributed by atoms with Crippen LogP contribution in [0.25, 0.3) is 0 Å². The van der Waals surface area contributed by atoms with Gasteiger partial charge in [-0.15, -0.1) is 0 Å². The van der Waals surface area contributed by atoms with Crippen LogP contribution in [0.15, 0.2) is 24.3 Å². The standard InChI is InChI=1S/C15H22ClN3O/c1-11(2)14(17)15(20)19-9-7-18(8-10-19)13-5-3-12(16)4-6-13/h3-6,11,14H,7-10,17H2,1-2H3/t14-/m0/s1. The largest absolute Gasteiger partial charge is 0.368 e. The Kier molecular flexibility index (Phi) is 4.89. The number of nitrogens with zero attached hydrogens (tertiary/aromatic N) is 2. The summed E-state index contributed by atoms with van der Waals surface area (Å²) in [7, 11) is 0. The Morgan fingerprint density at radius 3 is 2.20 bits per heavy atom. The number of carbonyl (C=O) groups excluding carboxylic acids is 1. The summed E-state index contributed by atoms with van der Waals surface area (Å²) < 4.78 is 0. The predicted octanol–water partition coefficient (Wildman–Crippen LogP) is 1.97. The number of anilines is 1. The van der Waals surface area contributed by atoms with Crippen LogP contribution in [-0.4, -0.2) is 43.0 Å². The first-order chi connectivity index (χ1) is 9.49. The summed E-state index contributed by atoms with van der Waals surface area (Å²) in [6.07, 6.45) is 0. The van der Waals surface area contributed by atoms with Gasteiger partial charge >= 0.3 is 0 Å². The molecule has 1 aromatic rings. The van der Waals surface area contributed by atoms with Gasteiger partial charge in [0.2, 0.25) is 5.91 Å². The van der Waals surface area contributed by atoms with Crippen LogP contribution < -0.4 is 10.6 Å². The average Bonchev–Trinajstić information content (AvgIpc) is 2.46. The lowest BCUT2D eigenvalue weighted by Crippen LogP contribution is -2.54. The van der Waals surface area contributed by atoms with E-state index in [-0.39, 0.29) is 11.8 Å². The van der Waals surface area contributed by atoms with Crippen LogP contribution in [0, 0.1) is 5.92 Å². The summed E-state index contributed by atoms with van der Waals surface area (Å²) in [5, 5.41) is 0.741. The number of halogens is 1. The van der Waals surface area contributed by atoms with Crippen LogP contribution >= 0.6 is 11.6 Å². The molecule has 110 valence electrons. The number of nitrogens with two attached hydrogens (primary N) is 1. The van der Waals surface area contributed by atoms with Gasteiger partial charge in [-0.05, 0) is 30.2 Å². The van der Waals surface area contributed by atoms with E-state index in [0.717, 1.165) is 36.9 Å². The minimum atomic E-state index is -0.392. The topological polar surface area (TPSA) is 49.6 Å². The van der Waals surface area contributed by atoms with Crippen LogP contribution in [0.1, 0.15) is 13.8 Å². The summed E-state index contributed by atoms with van der Waals surface area (Å²) >= 11 is 5.89. The monoisotopic (exact) mass is 295 g/mol. The molecule has 1 aliphatic heterocycles. The van der Waals surface area contributed by atoms with Gasteiger partial charge in [0, 0.05) is 36.9 Å². The van der Waals surface area contributed by atoms with Crippen LogP contribution in [0.3, 0.4) is 0 Å². The van der Waals surface area contributed by atoms with E-state index in [0.29, 0.717) is 0 Å². The highest BCUT2D eigenvalue weighted by Crippen LogP contribution is 2.19. The van der Waals surface area contributed by atoms with E-state index < -0.39 is 6.04 Å². The van der Waals surface area contributed by atoms with Crippen LogP contribution in [0.4, 0.5) is 5.69 Å². The number of benzene rings is 1. The molecule has 2 rings (SSSR count). The number of carbonyl (C=O) groups is 1. The second kappa shape index (κ2) is 6.46. The second-order valence-electron chi connectivity index (χ2n) is 5.56. The van der Waals surface area contributed by atoms with E-state index in [4.69, 9.17) is 17.3 Å². The highest BCUT2D eigenvalue weighted by atomic mass is 35.5. The summed E-state index contributed by atoms with van der Waals surface area (Å²) in [5.74, 6) is 0.243. The minimum Gasteiger partial charge on any atom is -0.368 e. The molecule has 1 saturated heterocycles. The summed E-state index contributed by atoms with van der Waals surface area (Å²) in [4.78, 5) is 16.3. The summed E-state index contributed by atoms with van der Waals surface area (Å²) in [6.45, 7) is 7.07. The maximum Gasteiger partial charge on any atom is 0.239 e. The molecule has 1 amide bonds. The molecule has 0 aromatic heterocycles. The fraction of sp³-hybridized carbons (Fsp3) is 0.533. The zero-order valence-electron chi connectivity index (χ0n) is 12.1. The first kappa shape index (κ1) is 15.1. The number of rotatable bonds is 3. The number of hydrogen-bond acceptors (Lipinski definition) is 3. The Hall–Kier alpha value is -1.26. The van der Waals surface area contributed by atoms with Crippen LogP contribution in [-0.2, 0) is 4.79 Å². The predicted molar refractivity (Wildman–Crippen MR) is 83.1 cm³/mol. The lowest BCUT2D eigenvalue weighted by atomic mass is 10.0. The normalized spacial score (nSPS) is 17.4. The molecule has 1 aromatic carbocycles. The highest BCUT2D eigenvalue weighted by molar-refractivity contribution is 6.30. The van der Waals surface area contributed by atoms with Crippen molar-refractivity contribution in [2.24, 2.45) is 11.7 Å². The molecule has 0 unspecified atom stereocenters. The van der Waals surface area contributed by atoms with Crippen LogP contribution in [0.2, 0.25) is 5.02 Å². The Morgan fingerprint density at radius 2 is 1.70 bits per heavy atom. The molecule has 0 saturated carbocycles. The van der Waals surface area contributed by atoms with Gasteiger partial charge in [0.05, 0.1) is 6.04 Å². The second-order valence-corrected chi connectivity index (χ2v) is 5.99. The fourth-order valence-corrected chi connectivity index (χ4v) is 2.46. The van der Waals surface area contributed by atoms with Crippen molar-refractivity contribution in [2.45, 2.75) is 19.9 Å². The smallest absolute Gasteiger partial charge is 0.239 e. The average molecular weight is 296 g/mol. The molecule has 20 heavy (non-hydrogen) atoms. The molecule has 0 radical (unpaired) electrons. The van der Waals surface area contributed by atoms with Gasteiger partial charge in [-0.3, -0.25) is 4.79 Å². The van der Waals surface area contributed by atoms with E-state index in [2.05, 4.69) is 4.90 Å². The Balaban J connectivity index is 1.92. The van der Waals surface area contributed by atoms with E-state index in [9.17, 15) is 4.79 Å². The third kappa shape index (κ3) is 3.44. The fourth-order valence-electron chi connectivity index (χ4n) is 2.33. The quantitative estimate of drug-likeness (QED) is 0.927. The third-order valence-electron chi connectivity index (χ3n) is 3.79. The van der Waals surface area contributed by atoms with Gasteiger partial charge in [0.1, 0.15) is 0 Å². The minimum absolute atomic E-state index is 0.0655. The third-order valence-corrected chi connectivity index (χ3v) is 4.04. The van der Waals surface area contributed by atoms with Crippen LogP contribution in [0.5, 0.6) is 0 Å². The molecule has 1 atom stereocenters. The number of piperazine rings is 1. The molecule has 0 bridgehead atoms. The lowest BCUT2D eigenvalue weighted by Gasteiger charge is -2.37. The van der Waals surface area contributed by atoms with Crippen molar-refractivity contribution in [3.8, 4) is 0 Å². The molecule has 1 heterocycles. The van der Waals surface area contributed by atoms with Gasteiger partial charge in [0.15, 0.2) is 0 Å². The highest BCUT2D eigenvalue weighted by Gasteiger charge is 2.26. The zero-order valence-corrected chi connectivity index (χ0v) is 12.8. The first-order valence-corrected chi connectivity index (χ1v) is 7.41. The van der Waals surface area contributed by atoms with Gasteiger partial charge in [-0.2, -0.15) is 0 Å². The van der Waals surface area contributed by atoms with E-state index in [1.165, 1.54) is 0 Å². The maximum absolute atomic E-state index is 12.2. The molecular formula is C15H22ClN3O. The maximum atomic E-state index is 12.2. The Morgan fingerprint density at radius 1 is 1.15 bits per heavy atom. The molecule has 1 aliphatic rings. The zero-order chi connectivity index (χ0) is 14.7. The molecule has 5 heteroatoms. The molecule has 0 spiro atoms. The van der Waals surface area contributed by atoms with E-state index in [1.54, 1.807) is 0 Å². The van der Waals surface area contributed by atoms with Crippen molar-refractivity contribution >= 4 is 23.2 Å². The summed E-state index contributed by atoms with van der Waals surface area (Å²) in [6, 6.07) is 7.42. The molecule has 4 nitrogen and oxygen atoms in total. The van der Waals surface area contributed by atoms with Gasteiger partial charge in [-0.1, -0.05) is 25.4 Å². The first-order valence-electron chi connectivity index (χ1n) is 7.04. The van der Waals surface area contributed by atoms with Crippen molar-refractivity contribution in [1.29, 1.82) is 0 Å². The Labute approximate surface area is 125 Å². The van der Waals surface area contributed by atoms with Gasteiger partial charge in [0.25, 0.3) is 0 Å². The molecular weight excluding hydrogens is 274 g/mol. The van der Waals surface area contributed by atoms with Gasteiger partial charge in [-0.25, -0.2) is 0 Å². The van der Waals surface area contributed by atoms with E-state index in [1.807, 2.05) is 43.0 Å². The Bertz CT molecular complexity index is 453. The van der Waals surface area contributed by atoms with Crippen molar-refractivity contribution in [2.75, 3.05) is 31.1 Å². The van der Waals surface area contributed by atoms with Gasteiger partial charge < -0.3 is 15.5 Å². The van der Waals surface area contributed by atoms with Crippen molar-refractivity contribution in [1.82, 2.24) is 4.90 Å². The van der Waals surface area contributed by atoms with Crippen molar-refractivity contribution in [3.63, 3.8) is 0 Å². The summed E-state index contributed by atoms with van der Waals surface area (Å²) in [5.41, 5.74) is 7.08. The van der Waals surface area contributed by atoms with E-state index >= 15 is 0 Å². The molecule has 0 aliphatic carbocycles. The van der Waals surface area contributed by atoms with Crippen molar-refractivity contribution < 1.29 is 4.79 Å². The molecule has 2 N–H and O–H groups in total. The SMILES string of the molecule is CC(C)[C@H](N)C(=O)N1CCN(c2ccc(Cl)cc2)CC1. The lowest BCUT2D eigenvalue weighted by molar-refractivity contribution is -0.133. The van der Waals surface area contributed by atoms with Crippen molar-refractivity contribution in [3.05, 3.63) is 29.3 Å². The number of hydrogen-bond donors (Lipinski definition) is 1.